The second-order valence-corrected chi connectivity index (χ2v) is 3.80. The van der Waals surface area contributed by atoms with E-state index < -0.39 is 4.92 Å². The van der Waals surface area contributed by atoms with Gasteiger partial charge in [-0.2, -0.15) is 0 Å². The lowest BCUT2D eigenvalue weighted by Crippen LogP contribution is -2.03. The Morgan fingerprint density at radius 3 is 2.63 bits per heavy atom. The summed E-state index contributed by atoms with van der Waals surface area (Å²) in [6.07, 6.45) is 1.34. The van der Waals surface area contributed by atoms with E-state index >= 15 is 0 Å². The number of benzene rings is 1. The summed E-state index contributed by atoms with van der Waals surface area (Å²) in [4.78, 5) is 13.8. The van der Waals surface area contributed by atoms with Gasteiger partial charge in [-0.1, -0.05) is 24.3 Å². The zero-order valence-electron chi connectivity index (χ0n) is 10.0. The van der Waals surface area contributed by atoms with Crippen molar-refractivity contribution < 1.29 is 14.8 Å². The second kappa shape index (κ2) is 5.92. The highest BCUT2D eigenvalue weighted by Gasteiger charge is 2.15. The molecule has 1 N–H and O–H groups in total. The van der Waals surface area contributed by atoms with Crippen molar-refractivity contribution in [2.24, 2.45) is 0 Å². The minimum absolute atomic E-state index is 0.103. The van der Waals surface area contributed by atoms with Gasteiger partial charge in [0, 0.05) is 0 Å². The van der Waals surface area contributed by atoms with Crippen LogP contribution in [0, 0.1) is 10.1 Å². The Morgan fingerprint density at radius 1 is 1.21 bits per heavy atom. The van der Waals surface area contributed by atoms with Crippen LogP contribution < -0.4 is 4.74 Å². The van der Waals surface area contributed by atoms with Gasteiger partial charge in [-0.05, 0) is 33.2 Å². The number of pyridine rings is 1. The van der Waals surface area contributed by atoms with Gasteiger partial charge in [0.2, 0.25) is 5.75 Å². The molecule has 0 amide bonds. The number of nitrogens with zero attached hydrogens (tertiary/aromatic N) is 2. The van der Waals surface area contributed by atoms with Crippen molar-refractivity contribution in [3.63, 3.8) is 0 Å². The molecule has 6 heteroatoms. The molecule has 19 heavy (non-hydrogen) atoms. The van der Waals surface area contributed by atoms with E-state index in [9.17, 15) is 15.2 Å². The van der Waals surface area contributed by atoms with Crippen LogP contribution in [0.25, 0.3) is 0 Å². The minimum Gasteiger partial charge on any atom is -0.481 e. The third-order valence-corrected chi connectivity index (χ3v) is 2.60. The normalized spacial score (nSPS) is 10.2. The summed E-state index contributed by atoms with van der Waals surface area (Å²) in [7, 11) is 0. The highest BCUT2D eigenvalue weighted by Crippen LogP contribution is 2.24. The van der Waals surface area contributed by atoms with Crippen molar-refractivity contribution >= 4 is 5.82 Å². The molecule has 2 rings (SSSR count). The van der Waals surface area contributed by atoms with Gasteiger partial charge in [0.1, 0.15) is 12.8 Å². The third-order valence-electron chi connectivity index (χ3n) is 2.60. The average molecular weight is 260 g/mol. The molecule has 0 atom stereocenters. The SMILES string of the molecule is O=[N+]([O-])c1ncccc1OCc1ccccc1CO. The van der Waals surface area contributed by atoms with Crippen molar-refractivity contribution in [2.45, 2.75) is 13.2 Å². The zero-order chi connectivity index (χ0) is 13.7. The smallest absolute Gasteiger partial charge is 0.406 e. The van der Waals surface area contributed by atoms with Crippen molar-refractivity contribution in [1.82, 2.24) is 4.98 Å². The Kier molecular flexibility index (Phi) is 4.04. The molecule has 0 aliphatic heterocycles. The molecular formula is C13H12N2O4. The highest BCUT2D eigenvalue weighted by atomic mass is 16.6. The summed E-state index contributed by atoms with van der Waals surface area (Å²) in [5, 5.41) is 20.0. The number of aliphatic hydroxyl groups excluding tert-OH is 1. The molecule has 1 heterocycles. The van der Waals surface area contributed by atoms with Gasteiger partial charge in [0.25, 0.3) is 0 Å². The van der Waals surface area contributed by atoms with Gasteiger partial charge in [-0.15, -0.1) is 0 Å². The van der Waals surface area contributed by atoms with E-state index in [1.807, 2.05) is 12.1 Å². The predicted molar refractivity (Wildman–Crippen MR) is 67.6 cm³/mol. The number of aromatic nitrogens is 1. The molecule has 0 unspecified atom stereocenters. The van der Waals surface area contributed by atoms with E-state index in [-0.39, 0.29) is 24.8 Å². The number of nitro groups is 1. The van der Waals surface area contributed by atoms with E-state index in [4.69, 9.17) is 4.74 Å². The first-order valence-corrected chi connectivity index (χ1v) is 5.62. The molecule has 0 aliphatic carbocycles. The topological polar surface area (TPSA) is 85.5 Å². The van der Waals surface area contributed by atoms with Crippen molar-refractivity contribution in [1.29, 1.82) is 0 Å². The lowest BCUT2D eigenvalue weighted by atomic mass is 10.1. The van der Waals surface area contributed by atoms with Crippen LogP contribution in [0.15, 0.2) is 42.6 Å². The van der Waals surface area contributed by atoms with Gasteiger partial charge < -0.3 is 20.0 Å². The third kappa shape index (κ3) is 3.05. The van der Waals surface area contributed by atoms with Crippen LogP contribution in [0.4, 0.5) is 5.82 Å². The number of rotatable bonds is 5. The van der Waals surface area contributed by atoms with E-state index in [1.165, 1.54) is 12.3 Å². The maximum atomic E-state index is 10.8. The summed E-state index contributed by atoms with van der Waals surface area (Å²) >= 11 is 0. The van der Waals surface area contributed by atoms with Crippen LogP contribution in [0.3, 0.4) is 0 Å². The first-order chi connectivity index (χ1) is 9.22. The Bertz CT molecular complexity index is 586. The summed E-state index contributed by atoms with van der Waals surface area (Å²) in [5.74, 6) is -0.204. The Labute approximate surface area is 109 Å². The summed E-state index contributed by atoms with van der Waals surface area (Å²) in [6, 6.07) is 10.3. The largest absolute Gasteiger partial charge is 0.481 e. The van der Waals surface area contributed by atoms with E-state index in [1.54, 1.807) is 18.2 Å². The molecule has 2 aromatic rings. The molecule has 0 saturated heterocycles. The Morgan fingerprint density at radius 2 is 1.95 bits per heavy atom. The lowest BCUT2D eigenvalue weighted by molar-refractivity contribution is -0.390. The van der Waals surface area contributed by atoms with E-state index in [2.05, 4.69) is 4.98 Å². The number of ether oxygens (including phenoxy) is 1. The molecule has 1 aromatic carbocycles. The molecule has 0 fully saturated rings. The maximum Gasteiger partial charge on any atom is 0.406 e. The number of hydrogen-bond acceptors (Lipinski definition) is 5. The van der Waals surface area contributed by atoms with Gasteiger partial charge in [-0.3, -0.25) is 0 Å². The van der Waals surface area contributed by atoms with Crippen LogP contribution >= 0.6 is 0 Å². The molecule has 1 aromatic heterocycles. The number of hydrogen-bond donors (Lipinski definition) is 1. The molecule has 0 spiro atoms. The fourth-order valence-electron chi connectivity index (χ4n) is 1.64. The lowest BCUT2D eigenvalue weighted by Gasteiger charge is -2.09. The van der Waals surface area contributed by atoms with E-state index in [0.717, 1.165) is 11.1 Å². The van der Waals surface area contributed by atoms with Gasteiger partial charge in [-0.25, -0.2) is 0 Å². The fraction of sp³-hybridized carbons (Fsp3) is 0.154. The fourth-order valence-corrected chi connectivity index (χ4v) is 1.64. The van der Waals surface area contributed by atoms with Crippen molar-refractivity contribution in [2.75, 3.05) is 0 Å². The second-order valence-electron chi connectivity index (χ2n) is 3.80. The average Bonchev–Trinajstić information content (AvgIpc) is 2.45. The quantitative estimate of drug-likeness (QED) is 0.657. The predicted octanol–water partition coefficient (Wildman–Crippen LogP) is 2.06. The van der Waals surface area contributed by atoms with Crippen molar-refractivity contribution in [3.8, 4) is 5.75 Å². The van der Waals surface area contributed by atoms with Crippen molar-refractivity contribution in [3.05, 3.63) is 63.8 Å². The summed E-state index contributed by atoms with van der Waals surface area (Å²) < 4.78 is 5.41. The molecule has 0 bridgehead atoms. The molecular weight excluding hydrogens is 248 g/mol. The molecule has 0 aliphatic rings. The van der Waals surface area contributed by atoms with Gasteiger partial charge in [0.15, 0.2) is 0 Å². The van der Waals surface area contributed by atoms with E-state index in [0.29, 0.717) is 0 Å². The van der Waals surface area contributed by atoms with Crippen LogP contribution in [0.5, 0.6) is 5.75 Å². The standard InChI is InChI=1S/C13H12N2O4/c16-8-10-4-1-2-5-11(10)9-19-12-6-3-7-14-13(12)15(17)18/h1-7,16H,8-9H2. The molecule has 0 radical (unpaired) electrons. The minimum atomic E-state index is -0.590. The first-order valence-electron chi connectivity index (χ1n) is 5.62. The molecule has 98 valence electrons. The van der Waals surface area contributed by atoms with Crippen LogP contribution in [-0.4, -0.2) is 15.0 Å². The van der Waals surface area contributed by atoms with Crippen LogP contribution in [0.2, 0.25) is 0 Å². The molecule has 6 nitrogen and oxygen atoms in total. The Hall–Kier alpha value is -2.47. The summed E-state index contributed by atoms with van der Waals surface area (Å²) in [5.41, 5.74) is 1.51. The maximum absolute atomic E-state index is 10.8. The van der Waals surface area contributed by atoms with Crippen LogP contribution in [0.1, 0.15) is 11.1 Å². The zero-order valence-corrected chi connectivity index (χ0v) is 10.0. The first kappa shape index (κ1) is 13.0. The monoisotopic (exact) mass is 260 g/mol. The highest BCUT2D eigenvalue weighted by molar-refractivity contribution is 5.39. The summed E-state index contributed by atoms with van der Waals surface area (Å²) in [6.45, 7) is 0.0396. The van der Waals surface area contributed by atoms with Gasteiger partial charge >= 0.3 is 5.82 Å². The van der Waals surface area contributed by atoms with Crippen LogP contribution in [-0.2, 0) is 13.2 Å². The van der Waals surface area contributed by atoms with Gasteiger partial charge in [0.05, 0.1) is 6.61 Å². The molecule has 0 saturated carbocycles. The Balaban J connectivity index is 2.17. The number of aliphatic hydroxyl groups is 1.